The Hall–Kier alpha value is -2.44. The van der Waals surface area contributed by atoms with Crippen LogP contribution < -0.4 is 5.32 Å². The summed E-state index contributed by atoms with van der Waals surface area (Å²) in [7, 11) is -3.10. The molecular weight excluding hydrogens is 414 g/mol. The largest absolute Gasteiger partial charge is 0.340 e. The number of unbranched alkanes of at least 4 members (excludes halogenated alkanes) is 1. The molecule has 1 amide bonds. The summed E-state index contributed by atoms with van der Waals surface area (Å²) < 4.78 is 22.9. The Balaban J connectivity index is 1.78. The summed E-state index contributed by atoms with van der Waals surface area (Å²) in [4.78, 5) is 14.0. The molecule has 0 spiro atoms. The fourth-order valence-electron chi connectivity index (χ4n) is 3.30. The molecule has 0 aliphatic carbocycles. The smallest absolute Gasteiger partial charge is 0.252 e. The van der Waals surface area contributed by atoms with Gasteiger partial charge in [-0.15, -0.1) is 11.3 Å². The minimum Gasteiger partial charge on any atom is -0.340 e. The third-order valence-electron chi connectivity index (χ3n) is 4.88. The second-order valence-corrected chi connectivity index (χ2v) is 10.7. The lowest BCUT2D eigenvalue weighted by Crippen LogP contribution is -2.28. The van der Waals surface area contributed by atoms with Gasteiger partial charge in [-0.3, -0.25) is 4.79 Å². The van der Waals surface area contributed by atoms with Crippen molar-refractivity contribution in [1.29, 1.82) is 0 Å². The van der Waals surface area contributed by atoms with E-state index in [1.165, 1.54) is 24.7 Å². The Morgan fingerprint density at radius 3 is 2.23 bits per heavy atom. The van der Waals surface area contributed by atoms with Crippen LogP contribution in [0.1, 0.15) is 57.7 Å². The number of amides is 1. The van der Waals surface area contributed by atoms with E-state index < -0.39 is 9.84 Å². The quantitative estimate of drug-likeness (QED) is 0.499. The monoisotopic (exact) mass is 441 g/mol. The van der Waals surface area contributed by atoms with Crippen LogP contribution in [0.25, 0.3) is 0 Å². The zero-order chi connectivity index (χ0) is 21.6. The van der Waals surface area contributed by atoms with Gasteiger partial charge in [0.15, 0.2) is 9.84 Å². The highest BCUT2D eigenvalue weighted by molar-refractivity contribution is 7.89. The SMILES string of the molecule is CCCCc1ccc(C(NC(=O)c2ccc(CS(C)(=O)=O)cc2)c2cccs2)cc1. The number of thiophene rings is 1. The van der Waals surface area contributed by atoms with E-state index in [0.29, 0.717) is 11.1 Å². The van der Waals surface area contributed by atoms with Crippen LogP contribution in [0, 0.1) is 0 Å². The molecule has 1 aromatic heterocycles. The van der Waals surface area contributed by atoms with Crippen LogP contribution in [0.15, 0.2) is 66.0 Å². The third-order valence-corrected chi connectivity index (χ3v) is 6.68. The maximum absolute atomic E-state index is 12.9. The predicted molar refractivity (Wildman–Crippen MR) is 124 cm³/mol. The van der Waals surface area contributed by atoms with Crippen LogP contribution in [0.5, 0.6) is 0 Å². The Morgan fingerprint density at radius 1 is 1.00 bits per heavy atom. The van der Waals surface area contributed by atoms with Gasteiger partial charge in [-0.1, -0.05) is 55.8 Å². The van der Waals surface area contributed by atoms with E-state index in [9.17, 15) is 13.2 Å². The lowest BCUT2D eigenvalue weighted by Gasteiger charge is -2.19. The number of rotatable bonds is 9. The molecule has 1 heterocycles. The summed E-state index contributed by atoms with van der Waals surface area (Å²) in [6, 6.07) is 19.0. The molecule has 6 heteroatoms. The van der Waals surface area contributed by atoms with E-state index in [2.05, 4.69) is 36.5 Å². The molecule has 30 heavy (non-hydrogen) atoms. The van der Waals surface area contributed by atoms with Crippen molar-refractivity contribution in [1.82, 2.24) is 5.32 Å². The standard InChI is InChI=1S/C24H27NO3S2/c1-3-4-6-18-8-12-20(13-9-18)23(22-7-5-16-29-22)25-24(26)21-14-10-19(11-15-21)17-30(2,27)28/h5,7-16,23H,3-4,6,17H2,1-2H3,(H,25,26). The average molecular weight is 442 g/mol. The van der Waals surface area contributed by atoms with Gasteiger partial charge in [0.2, 0.25) is 0 Å². The van der Waals surface area contributed by atoms with Gasteiger partial charge in [0.25, 0.3) is 5.91 Å². The zero-order valence-electron chi connectivity index (χ0n) is 17.3. The van der Waals surface area contributed by atoms with Crippen molar-refractivity contribution in [3.05, 3.63) is 93.2 Å². The van der Waals surface area contributed by atoms with Crippen LogP contribution in [-0.4, -0.2) is 20.6 Å². The van der Waals surface area contributed by atoms with Gasteiger partial charge in [0, 0.05) is 16.7 Å². The van der Waals surface area contributed by atoms with Gasteiger partial charge in [-0.25, -0.2) is 8.42 Å². The van der Waals surface area contributed by atoms with Gasteiger partial charge in [-0.2, -0.15) is 0 Å². The normalized spacial score (nSPS) is 12.5. The van der Waals surface area contributed by atoms with Crippen LogP contribution in [0.2, 0.25) is 0 Å². The Kier molecular flexibility index (Phi) is 7.45. The van der Waals surface area contributed by atoms with E-state index in [1.54, 1.807) is 35.6 Å². The fourth-order valence-corrected chi connectivity index (χ4v) is 4.90. The molecule has 3 rings (SSSR count). The summed E-state index contributed by atoms with van der Waals surface area (Å²) in [5, 5.41) is 5.14. The number of nitrogens with one attached hydrogen (secondary N) is 1. The molecule has 2 aromatic carbocycles. The summed E-state index contributed by atoms with van der Waals surface area (Å²) in [6.07, 6.45) is 4.60. The number of benzene rings is 2. The number of carbonyl (C=O) groups excluding carboxylic acids is 1. The van der Waals surface area contributed by atoms with E-state index in [0.717, 1.165) is 16.9 Å². The number of sulfone groups is 1. The van der Waals surface area contributed by atoms with Crippen molar-refractivity contribution in [3.8, 4) is 0 Å². The second kappa shape index (κ2) is 10.0. The fraction of sp³-hybridized carbons (Fsp3) is 0.292. The first kappa shape index (κ1) is 22.2. The van der Waals surface area contributed by atoms with Crippen LogP contribution in [0.4, 0.5) is 0 Å². The highest BCUT2D eigenvalue weighted by Crippen LogP contribution is 2.27. The molecule has 0 aliphatic heterocycles. The number of hydrogen-bond acceptors (Lipinski definition) is 4. The average Bonchev–Trinajstić information content (AvgIpc) is 3.25. The predicted octanol–water partition coefficient (Wildman–Crippen LogP) is 5.15. The van der Waals surface area contributed by atoms with Crippen LogP contribution in [-0.2, 0) is 22.0 Å². The molecule has 3 aromatic rings. The lowest BCUT2D eigenvalue weighted by atomic mass is 10.0. The summed E-state index contributed by atoms with van der Waals surface area (Å²) in [5.74, 6) is -0.216. The Labute approximate surface area is 182 Å². The minimum absolute atomic E-state index is 0.0307. The Morgan fingerprint density at radius 2 is 1.67 bits per heavy atom. The topological polar surface area (TPSA) is 63.2 Å². The molecule has 0 bridgehead atoms. The van der Waals surface area contributed by atoms with E-state index in [-0.39, 0.29) is 17.7 Å². The first-order valence-corrected chi connectivity index (χ1v) is 13.0. The molecule has 1 unspecified atom stereocenters. The van der Waals surface area contributed by atoms with Crippen LogP contribution in [0.3, 0.4) is 0 Å². The first-order valence-electron chi connectivity index (χ1n) is 10.1. The molecule has 0 radical (unpaired) electrons. The van der Waals surface area contributed by atoms with Crippen LogP contribution >= 0.6 is 11.3 Å². The third kappa shape index (κ3) is 6.28. The van der Waals surface area contributed by atoms with E-state index >= 15 is 0 Å². The molecule has 0 saturated carbocycles. The van der Waals surface area contributed by atoms with Crippen molar-refractivity contribution in [2.45, 2.75) is 38.0 Å². The molecule has 1 N–H and O–H groups in total. The maximum atomic E-state index is 12.9. The van der Waals surface area contributed by atoms with E-state index in [1.807, 2.05) is 17.5 Å². The zero-order valence-corrected chi connectivity index (χ0v) is 18.9. The Bertz CT molecular complexity index is 1050. The molecule has 0 aliphatic rings. The number of hydrogen-bond donors (Lipinski definition) is 1. The van der Waals surface area contributed by atoms with Crippen molar-refractivity contribution in [2.75, 3.05) is 6.26 Å². The van der Waals surface area contributed by atoms with Crippen molar-refractivity contribution in [3.63, 3.8) is 0 Å². The number of aryl methyl sites for hydroxylation is 1. The van der Waals surface area contributed by atoms with Gasteiger partial charge < -0.3 is 5.32 Å². The molecule has 0 fully saturated rings. The maximum Gasteiger partial charge on any atom is 0.252 e. The summed E-state index contributed by atoms with van der Waals surface area (Å²) in [5.41, 5.74) is 3.53. The molecular formula is C24H27NO3S2. The molecule has 1 atom stereocenters. The lowest BCUT2D eigenvalue weighted by molar-refractivity contribution is 0.0943. The van der Waals surface area contributed by atoms with Crippen molar-refractivity contribution in [2.24, 2.45) is 0 Å². The van der Waals surface area contributed by atoms with Gasteiger partial charge in [0.1, 0.15) is 0 Å². The van der Waals surface area contributed by atoms with E-state index in [4.69, 9.17) is 0 Å². The van der Waals surface area contributed by atoms with Crippen molar-refractivity contribution >= 4 is 27.1 Å². The highest BCUT2D eigenvalue weighted by Gasteiger charge is 2.19. The molecule has 0 saturated heterocycles. The van der Waals surface area contributed by atoms with Gasteiger partial charge in [0.05, 0.1) is 11.8 Å². The van der Waals surface area contributed by atoms with Gasteiger partial charge in [-0.05, 0) is 53.1 Å². The molecule has 158 valence electrons. The van der Waals surface area contributed by atoms with Crippen molar-refractivity contribution < 1.29 is 13.2 Å². The molecule has 4 nitrogen and oxygen atoms in total. The first-order chi connectivity index (χ1) is 14.4. The minimum atomic E-state index is -3.10. The van der Waals surface area contributed by atoms with Gasteiger partial charge >= 0.3 is 0 Å². The summed E-state index contributed by atoms with van der Waals surface area (Å²) >= 11 is 1.61. The highest BCUT2D eigenvalue weighted by atomic mass is 32.2. The number of carbonyl (C=O) groups is 1. The summed E-state index contributed by atoms with van der Waals surface area (Å²) in [6.45, 7) is 2.18. The second-order valence-electron chi connectivity index (χ2n) is 7.53.